The fourth-order valence-electron chi connectivity index (χ4n) is 3.04. The number of hydrogen-bond acceptors (Lipinski definition) is 7. The molecular formula is C16H17N3O3S3. The Bertz CT molecular complexity index is 917. The van der Waals surface area contributed by atoms with Gasteiger partial charge in [-0.05, 0) is 41.7 Å². The molecule has 4 rings (SSSR count). The Morgan fingerprint density at radius 1 is 1.32 bits per heavy atom. The van der Waals surface area contributed by atoms with Gasteiger partial charge in [-0.3, -0.25) is 0 Å². The Labute approximate surface area is 154 Å². The number of thiophene rings is 2. The van der Waals surface area contributed by atoms with Crippen molar-refractivity contribution in [3.05, 3.63) is 40.2 Å². The van der Waals surface area contributed by atoms with Crippen LogP contribution in [0.3, 0.4) is 0 Å². The van der Waals surface area contributed by atoms with Gasteiger partial charge in [-0.1, -0.05) is 11.2 Å². The van der Waals surface area contributed by atoms with Crippen LogP contribution in [0.4, 0.5) is 0 Å². The van der Waals surface area contributed by atoms with E-state index in [9.17, 15) is 8.42 Å². The first-order valence-corrected chi connectivity index (χ1v) is 11.3. The largest absolute Gasteiger partial charge is 0.339 e. The van der Waals surface area contributed by atoms with Crippen molar-refractivity contribution in [2.75, 3.05) is 13.1 Å². The second kappa shape index (κ2) is 6.99. The minimum Gasteiger partial charge on any atom is -0.339 e. The van der Waals surface area contributed by atoms with E-state index in [0.29, 0.717) is 35.4 Å². The molecule has 1 atom stereocenters. The van der Waals surface area contributed by atoms with Crippen LogP contribution in [0.1, 0.15) is 18.7 Å². The van der Waals surface area contributed by atoms with Crippen LogP contribution >= 0.6 is 22.7 Å². The zero-order valence-electron chi connectivity index (χ0n) is 13.4. The third kappa shape index (κ3) is 3.55. The van der Waals surface area contributed by atoms with Gasteiger partial charge >= 0.3 is 0 Å². The van der Waals surface area contributed by atoms with E-state index >= 15 is 0 Å². The first-order chi connectivity index (χ1) is 12.1. The smallest absolute Gasteiger partial charge is 0.252 e. The van der Waals surface area contributed by atoms with Crippen LogP contribution in [0.2, 0.25) is 0 Å². The number of nitrogens with zero attached hydrogens (tertiary/aromatic N) is 3. The average molecular weight is 396 g/mol. The molecule has 132 valence electrons. The van der Waals surface area contributed by atoms with Gasteiger partial charge in [-0.25, -0.2) is 8.42 Å². The fraction of sp³-hybridized carbons (Fsp3) is 0.375. The van der Waals surface area contributed by atoms with Gasteiger partial charge in [-0.15, -0.1) is 11.3 Å². The Kier molecular flexibility index (Phi) is 4.72. The lowest BCUT2D eigenvalue weighted by molar-refractivity contribution is 0.247. The van der Waals surface area contributed by atoms with E-state index in [-0.39, 0.29) is 5.92 Å². The Balaban J connectivity index is 1.45. The minimum atomic E-state index is -3.39. The van der Waals surface area contributed by atoms with E-state index in [0.717, 1.165) is 18.4 Å². The maximum Gasteiger partial charge on any atom is 0.252 e. The van der Waals surface area contributed by atoms with Gasteiger partial charge in [0.05, 0.1) is 0 Å². The molecule has 0 amide bonds. The summed E-state index contributed by atoms with van der Waals surface area (Å²) in [4.78, 5) is 4.45. The van der Waals surface area contributed by atoms with E-state index in [1.54, 1.807) is 33.2 Å². The van der Waals surface area contributed by atoms with Crippen LogP contribution in [0.5, 0.6) is 0 Å². The zero-order chi connectivity index (χ0) is 17.3. The third-order valence-corrected chi connectivity index (χ3v) is 8.20. The van der Waals surface area contributed by atoms with Crippen LogP contribution in [0.15, 0.2) is 43.1 Å². The molecule has 0 unspecified atom stereocenters. The van der Waals surface area contributed by atoms with Crippen LogP contribution in [0.25, 0.3) is 11.4 Å². The van der Waals surface area contributed by atoms with Crippen molar-refractivity contribution in [2.24, 2.45) is 5.92 Å². The predicted octanol–water partition coefficient (Wildman–Crippen LogP) is 3.50. The van der Waals surface area contributed by atoms with Crippen molar-refractivity contribution in [1.29, 1.82) is 0 Å². The van der Waals surface area contributed by atoms with Gasteiger partial charge < -0.3 is 4.52 Å². The van der Waals surface area contributed by atoms with Crippen LogP contribution < -0.4 is 0 Å². The molecular weight excluding hydrogens is 378 g/mol. The molecule has 1 aliphatic heterocycles. The molecule has 4 heterocycles. The Morgan fingerprint density at radius 2 is 2.24 bits per heavy atom. The van der Waals surface area contributed by atoms with E-state index in [1.165, 1.54) is 11.3 Å². The molecule has 0 aliphatic carbocycles. The molecule has 3 aromatic rings. The van der Waals surface area contributed by atoms with Crippen molar-refractivity contribution in [1.82, 2.24) is 14.4 Å². The summed E-state index contributed by atoms with van der Waals surface area (Å²) in [6, 6.07) is 5.38. The van der Waals surface area contributed by atoms with E-state index in [1.807, 2.05) is 16.8 Å². The lowest BCUT2D eigenvalue weighted by Crippen LogP contribution is -2.40. The minimum absolute atomic E-state index is 0.194. The van der Waals surface area contributed by atoms with Gasteiger partial charge in [0.1, 0.15) is 4.21 Å². The number of aromatic nitrogens is 2. The summed E-state index contributed by atoms with van der Waals surface area (Å²) in [7, 11) is -3.39. The molecule has 0 spiro atoms. The summed E-state index contributed by atoms with van der Waals surface area (Å²) in [5, 5.41) is 9.76. The third-order valence-electron chi connectivity index (χ3n) is 4.28. The lowest BCUT2D eigenvalue weighted by atomic mass is 9.96. The predicted molar refractivity (Wildman–Crippen MR) is 97.1 cm³/mol. The highest BCUT2D eigenvalue weighted by molar-refractivity contribution is 7.91. The van der Waals surface area contributed by atoms with Crippen molar-refractivity contribution < 1.29 is 12.9 Å². The first-order valence-electron chi connectivity index (χ1n) is 8.02. The molecule has 1 saturated heterocycles. The first kappa shape index (κ1) is 16.9. The number of rotatable bonds is 5. The van der Waals surface area contributed by atoms with Gasteiger partial charge in [-0.2, -0.15) is 20.6 Å². The summed E-state index contributed by atoms with van der Waals surface area (Å²) < 4.78 is 32.7. The highest BCUT2D eigenvalue weighted by Crippen LogP contribution is 2.28. The summed E-state index contributed by atoms with van der Waals surface area (Å²) >= 11 is 2.85. The summed E-state index contributed by atoms with van der Waals surface area (Å²) in [5.74, 6) is 1.36. The molecule has 0 aromatic carbocycles. The molecule has 0 bridgehead atoms. The van der Waals surface area contributed by atoms with Gasteiger partial charge in [0.2, 0.25) is 11.7 Å². The molecule has 0 saturated carbocycles. The maximum atomic E-state index is 12.7. The highest BCUT2D eigenvalue weighted by Gasteiger charge is 2.31. The molecule has 1 aliphatic rings. The Hall–Kier alpha value is -1.55. The van der Waals surface area contributed by atoms with Gasteiger partial charge in [0.15, 0.2) is 0 Å². The second-order valence-electron chi connectivity index (χ2n) is 6.03. The molecule has 3 aromatic heterocycles. The van der Waals surface area contributed by atoms with E-state index in [4.69, 9.17) is 4.52 Å². The summed E-state index contributed by atoms with van der Waals surface area (Å²) in [6.45, 7) is 1.07. The molecule has 25 heavy (non-hydrogen) atoms. The Morgan fingerprint density at radius 3 is 3.00 bits per heavy atom. The lowest BCUT2D eigenvalue weighted by Gasteiger charge is -2.30. The molecule has 0 N–H and O–H groups in total. The molecule has 1 fully saturated rings. The van der Waals surface area contributed by atoms with Gasteiger partial charge in [0.25, 0.3) is 10.0 Å². The van der Waals surface area contributed by atoms with Crippen molar-refractivity contribution >= 4 is 32.7 Å². The molecule has 9 heteroatoms. The molecule has 6 nitrogen and oxygen atoms in total. The second-order valence-corrected chi connectivity index (χ2v) is 9.92. The zero-order valence-corrected chi connectivity index (χ0v) is 15.8. The summed E-state index contributed by atoms with van der Waals surface area (Å²) in [5.41, 5.74) is 0.950. The number of piperidine rings is 1. The fourth-order valence-corrected chi connectivity index (χ4v) is 6.38. The van der Waals surface area contributed by atoms with E-state index in [2.05, 4.69) is 10.1 Å². The maximum absolute atomic E-state index is 12.7. The van der Waals surface area contributed by atoms with Gasteiger partial charge in [0, 0.05) is 30.5 Å². The van der Waals surface area contributed by atoms with E-state index < -0.39 is 10.0 Å². The molecule has 0 radical (unpaired) electrons. The van der Waals surface area contributed by atoms with Crippen LogP contribution in [0, 0.1) is 5.92 Å². The SMILES string of the molecule is O=S(=O)(c1cccs1)N1CCC[C@@H](Cc2nc(-c3ccsc3)no2)C1. The van der Waals surface area contributed by atoms with Crippen molar-refractivity contribution in [2.45, 2.75) is 23.5 Å². The van der Waals surface area contributed by atoms with Crippen molar-refractivity contribution in [3.8, 4) is 11.4 Å². The average Bonchev–Trinajstić information content (AvgIpc) is 3.36. The number of hydrogen-bond donors (Lipinski definition) is 0. The monoisotopic (exact) mass is 395 g/mol. The standard InChI is InChI=1S/C16H17N3O3S3/c20-25(21,15-4-2-7-24-15)19-6-1-3-12(10-19)9-14-17-16(18-22-14)13-5-8-23-11-13/h2,4-5,7-8,11-12H,1,3,6,9-10H2/t12-/m0/s1. The highest BCUT2D eigenvalue weighted by atomic mass is 32.2. The quantitative estimate of drug-likeness (QED) is 0.661. The summed E-state index contributed by atoms with van der Waals surface area (Å²) in [6.07, 6.45) is 2.42. The van der Waals surface area contributed by atoms with Crippen molar-refractivity contribution in [3.63, 3.8) is 0 Å². The van der Waals surface area contributed by atoms with Crippen LogP contribution in [-0.4, -0.2) is 36.0 Å². The normalized spacial score (nSPS) is 19.3. The van der Waals surface area contributed by atoms with Crippen LogP contribution in [-0.2, 0) is 16.4 Å². The number of sulfonamides is 1. The topological polar surface area (TPSA) is 76.3 Å².